The molecule has 6 heteroatoms. The van der Waals surface area contributed by atoms with Gasteiger partial charge in [0.25, 0.3) is 5.91 Å². The third kappa shape index (κ3) is 3.23. The van der Waals surface area contributed by atoms with Gasteiger partial charge in [0.05, 0.1) is 12.8 Å². The van der Waals surface area contributed by atoms with Gasteiger partial charge in [-0.05, 0) is 55.7 Å². The summed E-state index contributed by atoms with van der Waals surface area (Å²) in [4.78, 5) is 21.1. The van der Waals surface area contributed by atoms with Gasteiger partial charge in [0, 0.05) is 31.2 Å². The van der Waals surface area contributed by atoms with Crippen molar-refractivity contribution in [2.45, 2.75) is 25.8 Å². The molecule has 3 heterocycles. The van der Waals surface area contributed by atoms with Crippen LogP contribution in [0.25, 0.3) is 0 Å². The Balaban J connectivity index is 1.46. The zero-order chi connectivity index (χ0) is 18.1. The number of hydrogen-bond acceptors (Lipinski definition) is 4. The highest BCUT2D eigenvalue weighted by Crippen LogP contribution is 2.27. The van der Waals surface area contributed by atoms with E-state index in [2.05, 4.69) is 16.8 Å². The van der Waals surface area contributed by atoms with Crippen LogP contribution in [0.4, 0.5) is 10.2 Å². The van der Waals surface area contributed by atoms with Crippen LogP contribution in [0, 0.1) is 5.82 Å². The third-order valence-electron chi connectivity index (χ3n) is 5.08. The molecule has 0 radical (unpaired) electrons. The molecule has 2 aliphatic rings. The van der Waals surface area contributed by atoms with Gasteiger partial charge in [0.1, 0.15) is 17.4 Å². The highest BCUT2D eigenvalue weighted by molar-refractivity contribution is 5.94. The number of piperazine rings is 1. The van der Waals surface area contributed by atoms with Crippen LogP contribution >= 0.6 is 0 Å². The molecule has 1 fully saturated rings. The molecule has 1 aromatic carbocycles. The first-order valence-electron chi connectivity index (χ1n) is 9.05. The Labute approximate surface area is 152 Å². The number of pyridine rings is 1. The van der Waals surface area contributed by atoms with E-state index >= 15 is 0 Å². The standard InChI is InChI=1S/C20H22FN3O2/c1-14-13-23(8-9-24(14)19-7-5-17(21)12-22-19)20(25)16-4-6-18-15(11-16)3-2-10-26-18/h4-7,11-12,14H,2-3,8-10,13H2,1H3. The number of hydrogen-bond donors (Lipinski definition) is 0. The maximum Gasteiger partial charge on any atom is 0.253 e. The summed E-state index contributed by atoms with van der Waals surface area (Å²) >= 11 is 0. The SMILES string of the molecule is CC1CN(C(=O)c2ccc3c(c2)CCCO3)CCN1c1ccc(F)cn1. The van der Waals surface area contributed by atoms with E-state index in [4.69, 9.17) is 4.74 Å². The first kappa shape index (κ1) is 16.8. The van der Waals surface area contributed by atoms with E-state index < -0.39 is 0 Å². The first-order chi connectivity index (χ1) is 12.6. The highest BCUT2D eigenvalue weighted by Gasteiger charge is 2.28. The number of fused-ring (bicyclic) bond motifs is 1. The van der Waals surface area contributed by atoms with Crippen LogP contribution in [-0.2, 0) is 6.42 Å². The monoisotopic (exact) mass is 355 g/mol. The zero-order valence-corrected chi connectivity index (χ0v) is 14.8. The fourth-order valence-corrected chi connectivity index (χ4v) is 3.70. The van der Waals surface area contributed by atoms with Crippen molar-refractivity contribution in [1.29, 1.82) is 0 Å². The third-order valence-corrected chi connectivity index (χ3v) is 5.08. The lowest BCUT2D eigenvalue weighted by molar-refractivity contribution is 0.0725. The predicted molar refractivity (Wildman–Crippen MR) is 97.2 cm³/mol. The van der Waals surface area contributed by atoms with E-state index in [-0.39, 0.29) is 17.8 Å². The van der Waals surface area contributed by atoms with Crippen molar-refractivity contribution in [2.24, 2.45) is 0 Å². The topological polar surface area (TPSA) is 45.7 Å². The molecule has 1 aromatic heterocycles. The number of ether oxygens (including phenoxy) is 1. The maximum absolute atomic E-state index is 13.1. The quantitative estimate of drug-likeness (QED) is 0.831. The molecule has 1 saturated heterocycles. The van der Waals surface area contributed by atoms with Crippen molar-refractivity contribution in [3.05, 3.63) is 53.5 Å². The molecule has 1 atom stereocenters. The largest absolute Gasteiger partial charge is 0.493 e. The van der Waals surface area contributed by atoms with E-state index in [1.54, 1.807) is 6.07 Å². The number of halogens is 1. The van der Waals surface area contributed by atoms with Crippen LogP contribution in [0.5, 0.6) is 5.75 Å². The van der Waals surface area contributed by atoms with E-state index in [9.17, 15) is 9.18 Å². The number of aryl methyl sites for hydroxylation is 1. The Hall–Kier alpha value is -2.63. The Morgan fingerprint density at radius 1 is 1.27 bits per heavy atom. The van der Waals surface area contributed by atoms with E-state index in [1.165, 1.54) is 12.3 Å². The average molecular weight is 355 g/mol. The molecule has 4 rings (SSSR count). The highest BCUT2D eigenvalue weighted by atomic mass is 19.1. The van der Waals surface area contributed by atoms with Gasteiger partial charge < -0.3 is 14.5 Å². The van der Waals surface area contributed by atoms with Gasteiger partial charge in [-0.15, -0.1) is 0 Å². The summed E-state index contributed by atoms with van der Waals surface area (Å²) in [6, 6.07) is 8.95. The normalized spacial score (nSPS) is 19.7. The molecule has 0 N–H and O–H groups in total. The fraction of sp³-hybridized carbons (Fsp3) is 0.400. The molecule has 0 spiro atoms. The molecular weight excluding hydrogens is 333 g/mol. The summed E-state index contributed by atoms with van der Waals surface area (Å²) in [6.07, 6.45) is 3.18. The minimum atomic E-state index is -0.341. The fourth-order valence-electron chi connectivity index (χ4n) is 3.70. The first-order valence-corrected chi connectivity index (χ1v) is 9.05. The van der Waals surface area contributed by atoms with Gasteiger partial charge in [-0.2, -0.15) is 0 Å². The number of anilines is 1. The van der Waals surface area contributed by atoms with Gasteiger partial charge in [0.15, 0.2) is 0 Å². The summed E-state index contributed by atoms with van der Waals surface area (Å²) < 4.78 is 18.7. The van der Waals surface area contributed by atoms with Crippen molar-refractivity contribution in [3.63, 3.8) is 0 Å². The summed E-state index contributed by atoms with van der Waals surface area (Å²) in [5, 5.41) is 0. The number of amides is 1. The second-order valence-electron chi connectivity index (χ2n) is 6.90. The average Bonchev–Trinajstić information content (AvgIpc) is 2.68. The maximum atomic E-state index is 13.1. The molecule has 2 aliphatic heterocycles. The molecule has 1 unspecified atom stereocenters. The van der Waals surface area contributed by atoms with Crippen LogP contribution in [0.1, 0.15) is 29.3 Å². The Kier molecular flexibility index (Phi) is 4.49. The molecule has 26 heavy (non-hydrogen) atoms. The lowest BCUT2D eigenvalue weighted by Gasteiger charge is -2.40. The summed E-state index contributed by atoms with van der Waals surface area (Å²) in [5.74, 6) is 1.36. The Morgan fingerprint density at radius 2 is 2.15 bits per heavy atom. The Morgan fingerprint density at radius 3 is 2.92 bits per heavy atom. The Bertz CT molecular complexity index is 809. The number of nitrogens with zero attached hydrogens (tertiary/aromatic N) is 3. The molecule has 0 bridgehead atoms. The van der Waals surface area contributed by atoms with Crippen molar-refractivity contribution >= 4 is 11.7 Å². The van der Waals surface area contributed by atoms with Crippen molar-refractivity contribution < 1.29 is 13.9 Å². The lowest BCUT2D eigenvalue weighted by Crippen LogP contribution is -2.54. The number of aromatic nitrogens is 1. The molecule has 5 nitrogen and oxygen atoms in total. The molecule has 136 valence electrons. The van der Waals surface area contributed by atoms with E-state index in [1.807, 2.05) is 23.1 Å². The van der Waals surface area contributed by atoms with E-state index in [0.29, 0.717) is 19.6 Å². The van der Waals surface area contributed by atoms with Crippen molar-refractivity contribution in [3.8, 4) is 5.75 Å². The molecular formula is C20H22FN3O2. The van der Waals surface area contributed by atoms with Crippen LogP contribution in [-0.4, -0.2) is 48.1 Å². The van der Waals surface area contributed by atoms with Crippen LogP contribution in [0.2, 0.25) is 0 Å². The minimum absolute atomic E-state index is 0.0527. The number of carbonyl (C=O) groups is 1. The number of benzene rings is 1. The van der Waals surface area contributed by atoms with Crippen molar-refractivity contribution in [1.82, 2.24) is 9.88 Å². The van der Waals surface area contributed by atoms with Crippen molar-refractivity contribution in [2.75, 3.05) is 31.1 Å². The zero-order valence-electron chi connectivity index (χ0n) is 14.8. The van der Waals surface area contributed by atoms with Crippen LogP contribution in [0.3, 0.4) is 0 Å². The molecule has 0 aliphatic carbocycles. The smallest absolute Gasteiger partial charge is 0.253 e. The van der Waals surface area contributed by atoms with Gasteiger partial charge >= 0.3 is 0 Å². The second kappa shape index (κ2) is 6.94. The van der Waals surface area contributed by atoms with Gasteiger partial charge in [0.2, 0.25) is 0 Å². The summed E-state index contributed by atoms with van der Waals surface area (Å²) in [7, 11) is 0. The summed E-state index contributed by atoms with van der Waals surface area (Å²) in [6.45, 7) is 4.73. The van der Waals surface area contributed by atoms with Gasteiger partial charge in [-0.25, -0.2) is 9.37 Å². The van der Waals surface area contributed by atoms with Crippen LogP contribution < -0.4 is 9.64 Å². The number of carbonyl (C=O) groups excluding carboxylic acids is 1. The number of rotatable bonds is 2. The molecule has 2 aromatic rings. The molecule has 0 saturated carbocycles. The van der Waals surface area contributed by atoms with E-state index in [0.717, 1.165) is 42.1 Å². The summed E-state index contributed by atoms with van der Waals surface area (Å²) in [5.41, 5.74) is 1.83. The van der Waals surface area contributed by atoms with Gasteiger partial charge in [-0.1, -0.05) is 0 Å². The molecule has 1 amide bonds. The van der Waals surface area contributed by atoms with Crippen LogP contribution in [0.15, 0.2) is 36.5 Å². The van der Waals surface area contributed by atoms with Gasteiger partial charge in [-0.3, -0.25) is 4.79 Å². The minimum Gasteiger partial charge on any atom is -0.493 e. The second-order valence-corrected chi connectivity index (χ2v) is 6.90. The predicted octanol–water partition coefficient (Wildman–Crippen LogP) is 2.90. The lowest BCUT2D eigenvalue weighted by atomic mass is 10.0.